The van der Waals surface area contributed by atoms with E-state index < -0.39 is 0 Å². The zero-order valence-corrected chi connectivity index (χ0v) is 8.32. The van der Waals surface area contributed by atoms with Gasteiger partial charge in [0.25, 0.3) is 0 Å². The lowest BCUT2D eigenvalue weighted by Crippen LogP contribution is -2.21. The molecular weight excluding hydrogens is 170 g/mol. The lowest BCUT2D eigenvalue weighted by molar-refractivity contribution is 0.286. The number of rotatable bonds is 4. The summed E-state index contributed by atoms with van der Waals surface area (Å²) in [6.45, 7) is 5.08. The van der Waals surface area contributed by atoms with Crippen molar-refractivity contribution in [1.82, 2.24) is 5.32 Å². The molecule has 2 nitrogen and oxygen atoms in total. The monoisotopic (exact) mass is 185 g/mol. The lowest BCUT2D eigenvalue weighted by Gasteiger charge is -2.09. The highest BCUT2D eigenvalue weighted by molar-refractivity contribution is 7.12. The van der Waals surface area contributed by atoms with Crippen LogP contribution in [-0.4, -0.2) is 18.3 Å². The van der Waals surface area contributed by atoms with Crippen LogP contribution in [0.1, 0.15) is 22.7 Å². The van der Waals surface area contributed by atoms with Gasteiger partial charge in [0.1, 0.15) is 0 Å². The second-order valence-corrected chi connectivity index (χ2v) is 4.17. The van der Waals surface area contributed by atoms with Gasteiger partial charge in [0.05, 0.1) is 6.61 Å². The molecule has 0 fully saturated rings. The van der Waals surface area contributed by atoms with E-state index in [1.54, 1.807) is 11.3 Å². The van der Waals surface area contributed by atoms with Crippen molar-refractivity contribution >= 4 is 11.3 Å². The Morgan fingerprint density at radius 3 is 2.83 bits per heavy atom. The molecule has 1 rings (SSSR count). The second-order valence-electron chi connectivity index (χ2n) is 2.85. The fourth-order valence-electron chi connectivity index (χ4n) is 1.07. The van der Waals surface area contributed by atoms with Crippen LogP contribution < -0.4 is 5.32 Å². The summed E-state index contributed by atoms with van der Waals surface area (Å²) in [5.74, 6) is 0. The number of thiophene rings is 1. The Hall–Kier alpha value is -0.380. The highest BCUT2D eigenvalue weighted by atomic mass is 32.1. The number of aliphatic hydroxyl groups is 1. The molecule has 0 aliphatic heterocycles. The molecule has 1 atom stereocenters. The Balaban J connectivity index is 2.47. The molecule has 1 heterocycles. The van der Waals surface area contributed by atoms with E-state index in [4.69, 9.17) is 5.11 Å². The average molecular weight is 185 g/mol. The number of nitrogens with one attached hydrogen (secondary N) is 1. The molecule has 3 heteroatoms. The van der Waals surface area contributed by atoms with Crippen LogP contribution in [0.2, 0.25) is 0 Å². The highest BCUT2D eigenvalue weighted by Gasteiger charge is 2.05. The maximum atomic E-state index is 8.61. The van der Waals surface area contributed by atoms with E-state index in [-0.39, 0.29) is 6.61 Å². The first-order chi connectivity index (χ1) is 5.74. The van der Waals surface area contributed by atoms with E-state index in [0.717, 1.165) is 0 Å². The molecule has 0 bridgehead atoms. The number of aliphatic hydroxyl groups excluding tert-OH is 1. The van der Waals surface area contributed by atoms with E-state index in [2.05, 4.69) is 31.3 Å². The highest BCUT2D eigenvalue weighted by Crippen LogP contribution is 2.21. The number of hydrogen-bond donors (Lipinski definition) is 2. The molecule has 0 radical (unpaired) electrons. The predicted octanol–water partition coefficient (Wildman–Crippen LogP) is 1.70. The largest absolute Gasteiger partial charge is 0.395 e. The van der Waals surface area contributed by atoms with Crippen LogP contribution >= 0.6 is 11.3 Å². The summed E-state index contributed by atoms with van der Waals surface area (Å²) in [4.78, 5) is 2.67. The van der Waals surface area contributed by atoms with Crippen molar-refractivity contribution in [1.29, 1.82) is 0 Å². The van der Waals surface area contributed by atoms with Gasteiger partial charge in [-0.1, -0.05) is 0 Å². The molecular formula is C9H15NOS. The van der Waals surface area contributed by atoms with Crippen molar-refractivity contribution in [2.45, 2.75) is 19.9 Å². The van der Waals surface area contributed by atoms with Crippen LogP contribution in [0.25, 0.3) is 0 Å². The van der Waals surface area contributed by atoms with E-state index in [1.807, 2.05) is 0 Å². The zero-order chi connectivity index (χ0) is 8.97. The van der Waals surface area contributed by atoms with Crippen molar-refractivity contribution in [2.24, 2.45) is 0 Å². The van der Waals surface area contributed by atoms with Gasteiger partial charge >= 0.3 is 0 Å². The summed E-state index contributed by atoms with van der Waals surface area (Å²) in [6, 6.07) is 4.61. The molecule has 0 saturated carbocycles. The molecule has 0 saturated heterocycles. The summed E-state index contributed by atoms with van der Waals surface area (Å²) in [5, 5.41) is 11.8. The van der Waals surface area contributed by atoms with Crippen LogP contribution in [0, 0.1) is 6.92 Å². The third kappa shape index (κ3) is 2.59. The first kappa shape index (κ1) is 9.71. The molecule has 0 amide bonds. The van der Waals surface area contributed by atoms with Crippen molar-refractivity contribution in [3.63, 3.8) is 0 Å². The Kier molecular flexibility index (Phi) is 3.72. The molecule has 0 aromatic carbocycles. The predicted molar refractivity (Wildman–Crippen MR) is 52.6 cm³/mol. The Morgan fingerprint density at radius 2 is 2.33 bits per heavy atom. The van der Waals surface area contributed by atoms with Gasteiger partial charge in [-0.15, -0.1) is 11.3 Å². The summed E-state index contributed by atoms with van der Waals surface area (Å²) >= 11 is 1.80. The first-order valence-electron chi connectivity index (χ1n) is 4.14. The van der Waals surface area contributed by atoms with Gasteiger partial charge in [0.2, 0.25) is 0 Å². The average Bonchev–Trinajstić information content (AvgIpc) is 2.47. The minimum Gasteiger partial charge on any atom is -0.395 e. The molecule has 0 aliphatic carbocycles. The van der Waals surface area contributed by atoms with E-state index in [0.29, 0.717) is 12.6 Å². The fraction of sp³-hybridized carbons (Fsp3) is 0.556. The van der Waals surface area contributed by atoms with E-state index in [9.17, 15) is 0 Å². The van der Waals surface area contributed by atoms with Gasteiger partial charge < -0.3 is 10.4 Å². The molecule has 68 valence electrons. The SMILES string of the molecule is Cc1ccc(C(C)NCCO)s1. The van der Waals surface area contributed by atoms with Crippen LogP contribution in [0.15, 0.2) is 12.1 Å². The van der Waals surface area contributed by atoms with Gasteiger partial charge in [-0.3, -0.25) is 0 Å². The topological polar surface area (TPSA) is 32.3 Å². The Morgan fingerprint density at radius 1 is 1.58 bits per heavy atom. The third-order valence-corrected chi connectivity index (χ3v) is 2.93. The van der Waals surface area contributed by atoms with Crippen LogP contribution in [0.5, 0.6) is 0 Å². The summed E-state index contributed by atoms with van der Waals surface area (Å²) < 4.78 is 0. The lowest BCUT2D eigenvalue weighted by atomic mass is 10.3. The standard InChI is InChI=1S/C9H15NOS/c1-7-3-4-9(12-7)8(2)10-5-6-11/h3-4,8,10-11H,5-6H2,1-2H3. The molecule has 12 heavy (non-hydrogen) atoms. The van der Waals surface area contributed by atoms with Crippen LogP contribution in [-0.2, 0) is 0 Å². The van der Waals surface area contributed by atoms with Gasteiger partial charge in [0, 0.05) is 22.3 Å². The van der Waals surface area contributed by atoms with Crippen molar-refractivity contribution < 1.29 is 5.11 Å². The van der Waals surface area contributed by atoms with E-state index in [1.165, 1.54) is 9.75 Å². The van der Waals surface area contributed by atoms with Gasteiger partial charge in [-0.05, 0) is 26.0 Å². The van der Waals surface area contributed by atoms with E-state index >= 15 is 0 Å². The minimum atomic E-state index is 0.203. The maximum absolute atomic E-state index is 8.61. The van der Waals surface area contributed by atoms with Crippen molar-refractivity contribution in [3.05, 3.63) is 21.9 Å². The minimum absolute atomic E-state index is 0.203. The van der Waals surface area contributed by atoms with Gasteiger partial charge in [-0.25, -0.2) is 0 Å². The summed E-state index contributed by atoms with van der Waals surface area (Å²) in [7, 11) is 0. The molecule has 2 N–H and O–H groups in total. The third-order valence-electron chi connectivity index (χ3n) is 1.75. The van der Waals surface area contributed by atoms with Gasteiger partial charge in [0.15, 0.2) is 0 Å². The Labute approximate surface area is 77.2 Å². The molecule has 1 aromatic heterocycles. The van der Waals surface area contributed by atoms with Crippen LogP contribution in [0.4, 0.5) is 0 Å². The summed E-state index contributed by atoms with van der Waals surface area (Å²) in [6.07, 6.45) is 0. The molecule has 0 aliphatic rings. The van der Waals surface area contributed by atoms with Gasteiger partial charge in [-0.2, -0.15) is 0 Å². The second kappa shape index (κ2) is 4.60. The molecule has 0 spiro atoms. The zero-order valence-electron chi connectivity index (χ0n) is 7.50. The number of hydrogen-bond acceptors (Lipinski definition) is 3. The maximum Gasteiger partial charge on any atom is 0.0556 e. The van der Waals surface area contributed by atoms with Crippen molar-refractivity contribution in [3.8, 4) is 0 Å². The normalized spacial score (nSPS) is 13.2. The fourth-order valence-corrected chi connectivity index (χ4v) is 1.97. The van der Waals surface area contributed by atoms with Crippen molar-refractivity contribution in [2.75, 3.05) is 13.2 Å². The molecule has 1 unspecified atom stereocenters. The summed E-state index contributed by atoms with van der Waals surface area (Å²) in [5.41, 5.74) is 0. The molecule has 1 aromatic rings. The van der Waals surface area contributed by atoms with Crippen LogP contribution in [0.3, 0.4) is 0 Å². The Bertz CT molecular complexity index is 234. The smallest absolute Gasteiger partial charge is 0.0556 e. The quantitative estimate of drug-likeness (QED) is 0.748. The number of aryl methyl sites for hydroxylation is 1. The first-order valence-corrected chi connectivity index (χ1v) is 4.96.